The Balaban J connectivity index is 1.40. The van der Waals surface area contributed by atoms with Crippen molar-refractivity contribution in [3.8, 4) is 5.69 Å². The smallest absolute Gasteiger partial charge is 0.0991 e. The van der Waals surface area contributed by atoms with Gasteiger partial charge in [0.1, 0.15) is 0 Å². The second kappa shape index (κ2) is 9.34. The molecular formula is C22H25ClN4O. The fourth-order valence-corrected chi connectivity index (χ4v) is 3.81. The zero-order chi connectivity index (χ0) is 19.2. The highest BCUT2D eigenvalue weighted by Crippen LogP contribution is 2.24. The van der Waals surface area contributed by atoms with Gasteiger partial charge in [-0.25, -0.2) is 4.98 Å². The quantitative estimate of drug-likeness (QED) is 0.661. The Bertz CT molecular complexity index is 861. The van der Waals surface area contributed by atoms with Gasteiger partial charge in [0.05, 0.1) is 19.5 Å². The number of ether oxygens (including phenoxy) is 1. The first kappa shape index (κ1) is 19.2. The van der Waals surface area contributed by atoms with Crippen LogP contribution in [0.3, 0.4) is 0 Å². The van der Waals surface area contributed by atoms with Gasteiger partial charge in [0.2, 0.25) is 0 Å². The van der Waals surface area contributed by atoms with Gasteiger partial charge in [-0.3, -0.25) is 4.90 Å². The number of hydrogen-bond donors (Lipinski definition) is 1. The fraction of sp³-hybridized carbons (Fsp3) is 0.318. The van der Waals surface area contributed by atoms with Crippen LogP contribution < -0.4 is 5.32 Å². The van der Waals surface area contributed by atoms with Gasteiger partial charge in [-0.15, -0.1) is 0 Å². The van der Waals surface area contributed by atoms with Gasteiger partial charge in [0, 0.05) is 55.3 Å². The molecule has 0 bridgehead atoms. The lowest BCUT2D eigenvalue weighted by Crippen LogP contribution is -2.42. The molecule has 2 heterocycles. The Morgan fingerprint density at radius 1 is 1.11 bits per heavy atom. The van der Waals surface area contributed by atoms with Crippen molar-refractivity contribution in [3.63, 3.8) is 0 Å². The Morgan fingerprint density at radius 2 is 1.93 bits per heavy atom. The first-order chi connectivity index (χ1) is 13.8. The highest BCUT2D eigenvalue weighted by Gasteiger charge is 2.22. The summed E-state index contributed by atoms with van der Waals surface area (Å²) in [7, 11) is 0. The summed E-state index contributed by atoms with van der Waals surface area (Å²) >= 11 is 6.24. The molecule has 5 nitrogen and oxygen atoms in total. The minimum absolute atomic E-state index is 0.285. The van der Waals surface area contributed by atoms with Crippen molar-refractivity contribution >= 4 is 11.6 Å². The Labute approximate surface area is 170 Å². The summed E-state index contributed by atoms with van der Waals surface area (Å²) in [6.07, 6.45) is 5.55. The van der Waals surface area contributed by atoms with Crippen molar-refractivity contribution in [2.75, 3.05) is 32.8 Å². The first-order valence-corrected chi connectivity index (χ1v) is 10.0. The molecule has 2 aromatic carbocycles. The van der Waals surface area contributed by atoms with Gasteiger partial charge in [0.25, 0.3) is 0 Å². The highest BCUT2D eigenvalue weighted by atomic mass is 35.5. The number of imidazole rings is 1. The zero-order valence-corrected chi connectivity index (χ0v) is 16.6. The fourth-order valence-electron chi connectivity index (χ4n) is 3.61. The van der Waals surface area contributed by atoms with E-state index < -0.39 is 0 Å². The molecule has 0 radical (unpaired) electrons. The second-order valence-electron chi connectivity index (χ2n) is 6.99. The largest absolute Gasteiger partial charge is 0.379 e. The first-order valence-electron chi connectivity index (χ1n) is 9.65. The molecule has 0 saturated carbocycles. The lowest BCUT2D eigenvalue weighted by atomic mass is 10.0. The number of halogens is 1. The van der Waals surface area contributed by atoms with E-state index in [0.29, 0.717) is 0 Å². The Hall–Kier alpha value is -2.18. The van der Waals surface area contributed by atoms with Crippen LogP contribution in [0.15, 0.2) is 67.3 Å². The molecule has 6 heteroatoms. The molecule has 1 aliphatic rings. The van der Waals surface area contributed by atoms with Gasteiger partial charge in [-0.05, 0) is 35.4 Å². The van der Waals surface area contributed by atoms with Crippen LogP contribution >= 0.6 is 11.6 Å². The van der Waals surface area contributed by atoms with Crippen LogP contribution in [0.2, 0.25) is 5.02 Å². The van der Waals surface area contributed by atoms with E-state index in [4.69, 9.17) is 16.3 Å². The van der Waals surface area contributed by atoms with Crippen LogP contribution in [0.5, 0.6) is 0 Å². The van der Waals surface area contributed by atoms with E-state index in [1.165, 1.54) is 11.1 Å². The lowest BCUT2D eigenvalue weighted by Gasteiger charge is -2.35. The van der Waals surface area contributed by atoms with Gasteiger partial charge >= 0.3 is 0 Å². The minimum atomic E-state index is 0.285. The maximum absolute atomic E-state index is 6.24. The molecule has 1 fully saturated rings. The van der Waals surface area contributed by atoms with Crippen LogP contribution in [-0.4, -0.2) is 47.3 Å². The van der Waals surface area contributed by atoms with Crippen molar-refractivity contribution < 1.29 is 4.74 Å². The highest BCUT2D eigenvalue weighted by molar-refractivity contribution is 6.30. The van der Waals surface area contributed by atoms with Crippen molar-refractivity contribution in [3.05, 3.63) is 83.4 Å². The number of benzene rings is 2. The van der Waals surface area contributed by atoms with Crippen LogP contribution in [-0.2, 0) is 11.3 Å². The second-order valence-corrected chi connectivity index (χ2v) is 7.42. The van der Waals surface area contributed by atoms with E-state index in [1.54, 1.807) is 6.20 Å². The average Bonchev–Trinajstić information content (AvgIpc) is 3.27. The molecule has 1 saturated heterocycles. The molecular weight excluding hydrogens is 372 g/mol. The number of hydrogen-bond acceptors (Lipinski definition) is 4. The van der Waals surface area contributed by atoms with Crippen LogP contribution in [0.1, 0.15) is 17.2 Å². The minimum Gasteiger partial charge on any atom is -0.379 e. The van der Waals surface area contributed by atoms with E-state index in [2.05, 4.69) is 51.6 Å². The third-order valence-electron chi connectivity index (χ3n) is 5.13. The van der Waals surface area contributed by atoms with E-state index in [0.717, 1.165) is 50.1 Å². The van der Waals surface area contributed by atoms with E-state index >= 15 is 0 Å². The summed E-state index contributed by atoms with van der Waals surface area (Å²) < 4.78 is 7.54. The number of rotatable bonds is 7. The van der Waals surface area contributed by atoms with Gasteiger partial charge in [-0.1, -0.05) is 35.9 Å². The summed E-state index contributed by atoms with van der Waals surface area (Å²) in [5.41, 5.74) is 3.62. The number of nitrogens with zero attached hydrogens (tertiary/aromatic N) is 3. The maximum Gasteiger partial charge on any atom is 0.0991 e. The molecule has 1 atom stereocenters. The monoisotopic (exact) mass is 396 g/mol. The molecule has 4 rings (SSSR count). The third kappa shape index (κ3) is 4.80. The molecule has 0 aliphatic carbocycles. The lowest BCUT2D eigenvalue weighted by molar-refractivity contribution is 0.0161. The van der Waals surface area contributed by atoms with E-state index in [1.807, 2.05) is 29.2 Å². The van der Waals surface area contributed by atoms with E-state index in [9.17, 15) is 0 Å². The maximum atomic E-state index is 6.24. The van der Waals surface area contributed by atoms with Crippen LogP contribution in [0, 0.1) is 0 Å². The summed E-state index contributed by atoms with van der Waals surface area (Å²) in [6, 6.07) is 17.0. The van der Waals surface area contributed by atoms with Crippen LogP contribution in [0.4, 0.5) is 0 Å². The van der Waals surface area contributed by atoms with Gasteiger partial charge in [0.15, 0.2) is 0 Å². The third-order valence-corrected chi connectivity index (χ3v) is 5.36. The average molecular weight is 397 g/mol. The SMILES string of the molecule is Clc1cccc(C(CNCc2ccc(-n3ccnc3)cc2)N2CCOCC2)c1. The molecule has 1 N–H and O–H groups in total. The Kier molecular flexibility index (Phi) is 6.39. The van der Waals surface area contributed by atoms with Crippen molar-refractivity contribution in [1.82, 2.24) is 19.8 Å². The zero-order valence-electron chi connectivity index (χ0n) is 15.8. The van der Waals surface area contributed by atoms with Gasteiger partial charge in [-0.2, -0.15) is 0 Å². The van der Waals surface area contributed by atoms with Crippen LogP contribution in [0.25, 0.3) is 5.69 Å². The molecule has 28 heavy (non-hydrogen) atoms. The van der Waals surface area contributed by atoms with Crippen molar-refractivity contribution in [1.29, 1.82) is 0 Å². The summed E-state index contributed by atoms with van der Waals surface area (Å²) in [4.78, 5) is 6.57. The molecule has 1 aromatic heterocycles. The summed E-state index contributed by atoms with van der Waals surface area (Å²) in [5, 5.41) is 4.41. The molecule has 0 amide bonds. The number of aromatic nitrogens is 2. The van der Waals surface area contributed by atoms with Gasteiger partial charge < -0.3 is 14.6 Å². The molecule has 3 aromatic rings. The van der Waals surface area contributed by atoms with E-state index in [-0.39, 0.29) is 6.04 Å². The molecule has 1 aliphatic heterocycles. The van der Waals surface area contributed by atoms with Crippen molar-refractivity contribution in [2.45, 2.75) is 12.6 Å². The topological polar surface area (TPSA) is 42.3 Å². The van der Waals surface area contributed by atoms with Crippen molar-refractivity contribution in [2.24, 2.45) is 0 Å². The molecule has 146 valence electrons. The Morgan fingerprint density at radius 3 is 2.64 bits per heavy atom. The normalized spacial score (nSPS) is 16.2. The molecule has 1 unspecified atom stereocenters. The predicted octanol–water partition coefficient (Wildman–Crippen LogP) is 3.69. The molecule has 0 spiro atoms. The number of nitrogens with one attached hydrogen (secondary N) is 1. The predicted molar refractivity (Wildman–Crippen MR) is 112 cm³/mol. The standard InChI is InChI=1S/C22H25ClN4O/c23-20-3-1-2-19(14-20)22(26-10-12-28-13-11-26)16-25-15-18-4-6-21(7-5-18)27-9-8-24-17-27/h1-9,14,17,22,25H,10-13,15-16H2. The number of morpholine rings is 1. The summed E-state index contributed by atoms with van der Waals surface area (Å²) in [6.45, 7) is 5.14. The summed E-state index contributed by atoms with van der Waals surface area (Å²) in [5.74, 6) is 0.